The zero-order valence-electron chi connectivity index (χ0n) is 14.6. The number of aromatic hydroxyl groups is 1. The van der Waals surface area contributed by atoms with E-state index < -0.39 is 35.3 Å². The largest absolute Gasteiger partial charge is 0.506 e. The van der Waals surface area contributed by atoms with Gasteiger partial charge in [-0.3, -0.25) is 14.4 Å². The minimum atomic E-state index is -1.26. The van der Waals surface area contributed by atoms with Gasteiger partial charge in [0.15, 0.2) is 5.56 Å². The Bertz CT molecular complexity index is 959. The average molecular weight is 372 g/mol. The highest BCUT2D eigenvalue weighted by Gasteiger charge is 2.23. The molecule has 142 valence electrons. The van der Waals surface area contributed by atoms with Gasteiger partial charge in [0.05, 0.1) is 5.52 Å². The number of para-hydroxylation sites is 1. The summed E-state index contributed by atoms with van der Waals surface area (Å²) in [5.74, 6) is -2.10. The summed E-state index contributed by atoms with van der Waals surface area (Å²) >= 11 is 0. The van der Waals surface area contributed by atoms with Crippen LogP contribution < -0.4 is 15.7 Å². The number of fused-ring (bicyclic) bond motifs is 1. The number of aromatic nitrogens is 1. The van der Waals surface area contributed by atoms with Crippen LogP contribution >= 0.6 is 0 Å². The highest BCUT2D eigenvalue weighted by atomic mass is 16.7. The van der Waals surface area contributed by atoms with Crippen molar-refractivity contribution in [2.75, 3.05) is 13.2 Å². The molecule has 8 heteroatoms. The second-order valence-electron chi connectivity index (χ2n) is 6.30. The van der Waals surface area contributed by atoms with Crippen molar-refractivity contribution in [3.8, 4) is 5.75 Å². The third-order valence-electron chi connectivity index (χ3n) is 4.18. The van der Waals surface area contributed by atoms with E-state index in [1.54, 1.807) is 24.3 Å². The summed E-state index contributed by atoms with van der Waals surface area (Å²) in [6, 6.07) is 6.47. The molecule has 1 amide bonds. The van der Waals surface area contributed by atoms with E-state index in [1.165, 1.54) is 12.8 Å². The zero-order chi connectivity index (χ0) is 19.4. The number of amides is 1. The lowest BCUT2D eigenvalue weighted by Gasteiger charge is -2.14. The number of nitrogens with one attached hydrogen (secondary N) is 1. The van der Waals surface area contributed by atoms with Crippen LogP contribution in [0, 0.1) is 5.92 Å². The SMILES string of the molecule is O=C(O)CNC(=O)c1c(O)c2ccccc2n(OCC/C=C/C2CC2)c1=O. The van der Waals surface area contributed by atoms with Gasteiger partial charge >= 0.3 is 5.97 Å². The average Bonchev–Trinajstić information content (AvgIpc) is 3.46. The smallest absolute Gasteiger partial charge is 0.322 e. The molecule has 2 aromatic rings. The van der Waals surface area contributed by atoms with Crippen molar-refractivity contribution in [3.63, 3.8) is 0 Å². The molecule has 1 aromatic heterocycles. The van der Waals surface area contributed by atoms with Gasteiger partial charge in [-0.05, 0) is 30.9 Å². The van der Waals surface area contributed by atoms with Crippen molar-refractivity contribution in [2.45, 2.75) is 19.3 Å². The quantitative estimate of drug-likeness (QED) is 0.475. The maximum absolute atomic E-state index is 12.7. The molecule has 0 unspecified atom stereocenters. The number of benzene rings is 1. The number of carbonyl (C=O) groups is 2. The van der Waals surface area contributed by atoms with E-state index in [-0.39, 0.29) is 12.0 Å². The van der Waals surface area contributed by atoms with Crippen LogP contribution in [-0.2, 0) is 4.79 Å². The standard InChI is InChI=1S/C19H20N2O6/c22-15(23)11-20-18(25)16-17(24)13-6-1-2-7-14(13)21(19(16)26)27-10-4-3-5-12-8-9-12/h1-3,5-7,12,24H,4,8-11H2,(H,20,25)(H,22,23)/b5-3+. The van der Waals surface area contributed by atoms with Crippen molar-refractivity contribution < 1.29 is 24.6 Å². The number of hydrogen-bond acceptors (Lipinski definition) is 5. The zero-order valence-corrected chi connectivity index (χ0v) is 14.6. The Kier molecular flexibility index (Phi) is 5.44. The van der Waals surface area contributed by atoms with Gasteiger partial charge in [-0.25, -0.2) is 0 Å². The van der Waals surface area contributed by atoms with E-state index >= 15 is 0 Å². The van der Waals surface area contributed by atoms with Crippen LogP contribution in [0.15, 0.2) is 41.2 Å². The first-order valence-corrected chi connectivity index (χ1v) is 8.65. The molecule has 1 saturated carbocycles. The highest BCUT2D eigenvalue weighted by molar-refractivity contribution is 6.02. The lowest BCUT2D eigenvalue weighted by Crippen LogP contribution is -2.37. The molecule has 27 heavy (non-hydrogen) atoms. The summed E-state index contributed by atoms with van der Waals surface area (Å²) in [5, 5.41) is 21.4. The predicted molar refractivity (Wildman–Crippen MR) is 97.8 cm³/mol. The van der Waals surface area contributed by atoms with Crippen molar-refractivity contribution in [3.05, 3.63) is 52.3 Å². The second kappa shape index (κ2) is 7.94. The maximum Gasteiger partial charge on any atom is 0.322 e. The number of carboxylic acid groups (broad SMARTS) is 1. The Morgan fingerprint density at radius 1 is 1.30 bits per heavy atom. The van der Waals surface area contributed by atoms with Crippen molar-refractivity contribution in [1.29, 1.82) is 0 Å². The van der Waals surface area contributed by atoms with Crippen LogP contribution in [0.5, 0.6) is 5.75 Å². The molecule has 1 fully saturated rings. The molecular weight excluding hydrogens is 352 g/mol. The number of aliphatic carboxylic acids is 1. The molecule has 0 saturated heterocycles. The number of pyridine rings is 1. The minimum Gasteiger partial charge on any atom is -0.506 e. The van der Waals surface area contributed by atoms with E-state index in [2.05, 4.69) is 11.4 Å². The van der Waals surface area contributed by atoms with Crippen molar-refractivity contribution in [1.82, 2.24) is 10.0 Å². The summed E-state index contributed by atoms with van der Waals surface area (Å²) in [6.07, 6.45) is 7.11. The minimum absolute atomic E-state index is 0.216. The van der Waals surface area contributed by atoms with Gasteiger partial charge in [0, 0.05) is 11.8 Å². The van der Waals surface area contributed by atoms with E-state index in [9.17, 15) is 19.5 Å². The number of allylic oxidation sites excluding steroid dienone is 1. The summed E-state index contributed by atoms with van der Waals surface area (Å²) < 4.78 is 0.968. The van der Waals surface area contributed by atoms with Gasteiger partial charge in [-0.1, -0.05) is 24.3 Å². The molecule has 1 aliphatic rings. The molecule has 1 aromatic carbocycles. The Balaban J connectivity index is 1.91. The van der Waals surface area contributed by atoms with Crippen LogP contribution in [0.4, 0.5) is 0 Å². The topological polar surface area (TPSA) is 118 Å². The van der Waals surface area contributed by atoms with Crippen LogP contribution in [0.1, 0.15) is 29.6 Å². The van der Waals surface area contributed by atoms with Crippen LogP contribution in [0.3, 0.4) is 0 Å². The normalized spacial score (nSPS) is 13.8. The number of rotatable bonds is 8. The first kappa shape index (κ1) is 18.5. The van der Waals surface area contributed by atoms with E-state index in [4.69, 9.17) is 9.94 Å². The van der Waals surface area contributed by atoms with Gasteiger partial charge in [0.25, 0.3) is 11.5 Å². The Morgan fingerprint density at radius 3 is 2.74 bits per heavy atom. The molecule has 0 bridgehead atoms. The Hall–Kier alpha value is -3.29. The van der Waals surface area contributed by atoms with Crippen LogP contribution in [0.2, 0.25) is 0 Å². The molecule has 3 N–H and O–H groups in total. The number of hydrogen-bond donors (Lipinski definition) is 3. The molecule has 1 aliphatic carbocycles. The lowest BCUT2D eigenvalue weighted by atomic mass is 10.1. The Labute approximate surface area is 154 Å². The number of carboxylic acids is 1. The number of carbonyl (C=O) groups excluding carboxylic acids is 1. The molecule has 0 aliphatic heterocycles. The van der Waals surface area contributed by atoms with E-state index in [0.29, 0.717) is 17.9 Å². The fourth-order valence-electron chi connectivity index (χ4n) is 2.66. The van der Waals surface area contributed by atoms with Crippen LogP contribution in [-0.4, -0.2) is 40.0 Å². The fraction of sp³-hybridized carbons (Fsp3) is 0.316. The summed E-state index contributed by atoms with van der Waals surface area (Å²) in [7, 11) is 0. The highest BCUT2D eigenvalue weighted by Crippen LogP contribution is 2.30. The lowest BCUT2D eigenvalue weighted by molar-refractivity contribution is -0.135. The third kappa shape index (κ3) is 4.28. The van der Waals surface area contributed by atoms with Gasteiger partial charge in [0.1, 0.15) is 18.9 Å². The van der Waals surface area contributed by atoms with Gasteiger partial charge in [0.2, 0.25) is 0 Å². The molecule has 0 atom stereocenters. The predicted octanol–water partition coefficient (Wildman–Crippen LogP) is 1.31. The molecule has 3 rings (SSSR count). The molecule has 1 heterocycles. The molecular formula is C19H20N2O6. The fourth-order valence-corrected chi connectivity index (χ4v) is 2.66. The van der Waals surface area contributed by atoms with E-state index in [1.807, 2.05) is 6.08 Å². The van der Waals surface area contributed by atoms with Gasteiger partial charge < -0.3 is 20.4 Å². The Morgan fingerprint density at radius 2 is 2.04 bits per heavy atom. The molecule has 8 nitrogen and oxygen atoms in total. The first-order chi connectivity index (χ1) is 13.0. The van der Waals surface area contributed by atoms with Crippen LogP contribution in [0.25, 0.3) is 10.9 Å². The molecule has 0 spiro atoms. The summed E-state index contributed by atoms with van der Waals surface area (Å²) in [6.45, 7) is -0.453. The van der Waals surface area contributed by atoms with Crippen molar-refractivity contribution >= 4 is 22.8 Å². The van der Waals surface area contributed by atoms with Crippen molar-refractivity contribution in [2.24, 2.45) is 5.92 Å². The number of nitrogens with zero attached hydrogens (tertiary/aromatic N) is 1. The molecule has 0 radical (unpaired) electrons. The summed E-state index contributed by atoms with van der Waals surface area (Å²) in [4.78, 5) is 41.2. The monoisotopic (exact) mass is 372 g/mol. The maximum atomic E-state index is 12.7. The third-order valence-corrected chi connectivity index (χ3v) is 4.18. The second-order valence-corrected chi connectivity index (χ2v) is 6.30. The van der Waals surface area contributed by atoms with E-state index in [0.717, 1.165) is 4.73 Å². The van der Waals surface area contributed by atoms with Gasteiger partial charge in [-0.15, -0.1) is 4.73 Å². The summed E-state index contributed by atoms with van der Waals surface area (Å²) in [5.41, 5.74) is -1.08. The first-order valence-electron chi connectivity index (χ1n) is 8.65. The van der Waals surface area contributed by atoms with Gasteiger partial charge in [-0.2, -0.15) is 0 Å².